The fourth-order valence-corrected chi connectivity index (χ4v) is 3.41. The van der Waals surface area contributed by atoms with E-state index in [2.05, 4.69) is 5.32 Å². The highest BCUT2D eigenvalue weighted by atomic mass is 19.1. The fraction of sp³-hybridized carbons (Fsp3) is 0.222. The van der Waals surface area contributed by atoms with Gasteiger partial charge in [0.25, 0.3) is 5.91 Å². The summed E-state index contributed by atoms with van der Waals surface area (Å²) in [6.07, 6.45) is 0.532. The number of nitrogens with one attached hydrogen (secondary N) is 1. The van der Waals surface area contributed by atoms with Gasteiger partial charge >= 0.3 is 0 Å². The van der Waals surface area contributed by atoms with Crippen molar-refractivity contribution in [1.82, 2.24) is 4.90 Å². The lowest BCUT2D eigenvalue weighted by atomic mass is 9.92. The monoisotopic (exact) mass is 450 g/mol. The number of allylic oxidation sites excluding steroid dienone is 1. The Morgan fingerprint density at radius 2 is 1.39 bits per heavy atom. The maximum atomic E-state index is 13.5. The van der Waals surface area contributed by atoms with E-state index in [1.807, 2.05) is 25.9 Å². The van der Waals surface area contributed by atoms with E-state index in [-0.39, 0.29) is 17.5 Å². The van der Waals surface area contributed by atoms with Gasteiger partial charge in [0.15, 0.2) is 0 Å². The third-order valence-electron chi connectivity index (χ3n) is 5.13. The molecule has 172 valence electrons. The van der Waals surface area contributed by atoms with Crippen LogP contribution in [0.4, 0.5) is 14.5 Å². The Balaban J connectivity index is 1.90. The summed E-state index contributed by atoms with van der Waals surface area (Å²) in [6, 6.07) is 18.9. The molecule has 0 heterocycles. The van der Waals surface area contributed by atoms with Crippen molar-refractivity contribution < 1.29 is 18.3 Å². The zero-order valence-electron chi connectivity index (χ0n) is 19.1. The number of hydrogen-bond donors (Lipinski definition) is 1. The van der Waals surface area contributed by atoms with E-state index >= 15 is 0 Å². The van der Waals surface area contributed by atoms with Crippen LogP contribution in [0.5, 0.6) is 5.75 Å². The Hall–Kier alpha value is -3.51. The van der Waals surface area contributed by atoms with Crippen LogP contribution >= 0.6 is 0 Å². The van der Waals surface area contributed by atoms with Gasteiger partial charge in [-0.05, 0) is 85.7 Å². The molecule has 0 unspecified atom stereocenters. The molecule has 0 aliphatic carbocycles. The molecule has 0 fully saturated rings. The first-order chi connectivity index (χ1) is 15.9. The summed E-state index contributed by atoms with van der Waals surface area (Å²) in [4.78, 5) is 15.4. The van der Waals surface area contributed by atoms with Crippen molar-refractivity contribution in [2.75, 3.05) is 32.6 Å². The standard InChI is InChI=1S/C27H28F2N2O2/c1-4-25(19-5-9-21(28)10-6-19)26(20-7-11-22(29)12-8-20)27(32)30-23-13-15-24(16-14-23)33-18-17-31(2)3/h5-16H,4,17-18H2,1-3H3,(H,30,32)/b26-25+. The Morgan fingerprint density at radius 3 is 1.91 bits per heavy atom. The van der Waals surface area contributed by atoms with Gasteiger partial charge < -0.3 is 15.0 Å². The van der Waals surface area contributed by atoms with Crippen LogP contribution in [0.25, 0.3) is 11.1 Å². The summed E-state index contributed by atoms with van der Waals surface area (Å²) >= 11 is 0. The fourth-order valence-electron chi connectivity index (χ4n) is 3.41. The minimum Gasteiger partial charge on any atom is -0.492 e. The third kappa shape index (κ3) is 6.73. The van der Waals surface area contributed by atoms with Gasteiger partial charge in [0.1, 0.15) is 24.0 Å². The lowest BCUT2D eigenvalue weighted by Crippen LogP contribution is -2.19. The third-order valence-corrected chi connectivity index (χ3v) is 5.13. The van der Waals surface area contributed by atoms with E-state index in [1.165, 1.54) is 24.3 Å². The van der Waals surface area contributed by atoms with Crippen molar-refractivity contribution in [3.63, 3.8) is 0 Å². The lowest BCUT2D eigenvalue weighted by Gasteiger charge is -2.16. The van der Waals surface area contributed by atoms with Gasteiger partial charge in [0, 0.05) is 12.2 Å². The minimum absolute atomic E-state index is 0.330. The molecule has 4 nitrogen and oxygen atoms in total. The molecule has 0 aliphatic rings. The van der Waals surface area contributed by atoms with Gasteiger partial charge in [0.2, 0.25) is 0 Å². The SMILES string of the molecule is CC/C(=C(\C(=O)Nc1ccc(OCCN(C)C)cc1)c1ccc(F)cc1)c1ccc(F)cc1. The molecule has 0 aliphatic heterocycles. The highest BCUT2D eigenvalue weighted by Gasteiger charge is 2.19. The van der Waals surface area contributed by atoms with E-state index in [0.29, 0.717) is 35.6 Å². The molecular weight excluding hydrogens is 422 g/mol. The highest BCUT2D eigenvalue weighted by molar-refractivity contribution is 6.31. The van der Waals surface area contributed by atoms with Crippen LogP contribution in [0, 0.1) is 11.6 Å². The molecule has 3 aromatic carbocycles. The highest BCUT2D eigenvalue weighted by Crippen LogP contribution is 2.31. The Bertz CT molecular complexity index is 1090. The van der Waals surface area contributed by atoms with E-state index in [9.17, 15) is 13.6 Å². The van der Waals surface area contributed by atoms with Crippen molar-refractivity contribution in [2.45, 2.75) is 13.3 Å². The number of anilines is 1. The van der Waals surface area contributed by atoms with Gasteiger partial charge in [0.05, 0.1) is 5.57 Å². The number of hydrogen-bond acceptors (Lipinski definition) is 3. The number of amides is 1. The number of nitrogens with zero attached hydrogens (tertiary/aromatic N) is 1. The van der Waals surface area contributed by atoms with Crippen LogP contribution in [-0.2, 0) is 4.79 Å². The summed E-state index contributed by atoms with van der Waals surface area (Å²) < 4.78 is 32.7. The number of carbonyl (C=O) groups is 1. The minimum atomic E-state index is -0.386. The number of carbonyl (C=O) groups excluding carboxylic acids is 1. The number of ether oxygens (including phenoxy) is 1. The van der Waals surface area contributed by atoms with Crippen LogP contribution in [0.2, 0.25) is 0 Å². The van der Waals surface area contributed by atoms with Gasteiger partial charge in [-0.1, -0.05) is 31.2 Å². The number of benzene rings is 3. The van der Waals surface area contributed by atoms with Crippen LogP contribution in [-0.4, -0.2) is 38.1 Å². The second kappa shape index (κ2) is 11.4. The van der Waals surface area contributed by atoms with E-state index in [0.717, 1.165) is 17.7 Å². The zero-order valence-corrected chi connectivity index (χ0v) is 19.1. The van der Waals surface area contributed by atoms with Gasteiger partial charge in [-0.3, -0.25) is 4.79 Å². The van der Waals surface area contributed by atoms with Crippen LogP contribution in [0.3, 0.4) is 0 Å². The first-order valence-electron chi connectivity index (χ1n) is 10.8. The lowest BCUT2D eigenvalue weighted by molar-refractivity contribution is -0.111. The average molecular weight is 451 g/mol. The molecule has 0 saturated carbocycles. The molecule has 0 spiro atoms. The summed E-state index contributed by atoms with van der Waals surface area (Å²) in [5, 5.41) is 2.92. The molecular formula is C27H28F2N2O2. The molecule has 1 amide bonds. The van der Waals surface area contributed by atoms with Crippen molar-refractivity contribution in [2.24, 2.45) is 0 Å². The molecule has 0 bridgehead atoms. The zero-order chi connectivity index (χ0) is 23.8. The van der Waals surface area contributed by atoms with E-state index in [4.69, 9.17) is 4.74 Å². The second-order valence-electron chi connectivity index (χ2n) is 7.85. The molecule has 3 aromatic rings. The largest absolute Gasteiger partial charge is 0.492 e. The molecule has 3 rings (SSSR count). The molecule has 0 atom stereocenters. The quantitative estimate of drug-likeness (QED) is 0.328. The smallest absolute Gasteiger partial charge is 0.256 e. The van der Waals surface area contributed by atoms with Crippen LogP contribution < -0.4 is 10.1 Å². The van der Waals surface area contributed by atoms with Crippen molar-refractivity contribution in [1.29, 1.82) is 0 Å². The topological polar surface area (TPSA) is 41.6 Å². The predicted octanol–water partition coefficient (Wildman–Crippen LogP) is 5.86. The van der Waals surface area contributed by atoms with E-state index < -0.39 is 0 Å². The average Bonchev–Trinajstić information content (AvgIpc) is 2.80. The second-order valence-corrected chi connectivity index (χ2v) is 7.85. The summed E-state index contributed by atoms with van der Waals surface area (Å²) in [6.45, 7) is 3.29. The van der Waals surface area contributed by atoms with Crippen molar-refractivity contribution in [3.05, 3.63) is 95.6 Å². The molecule has 6 heteroatoms. The molecule has 0 aromatic heterocycles. The summed E-state index contributed by atoms with van der Waals surface area (Å²) in [7, 11) is 3.95. The van der Waals surface area contributed by atoms with Gasteiger partial charge in [-0.15, -0.1) is 0 Å². The molecule has 0 radical (unpaired) electrons. The van der Waals surface area contributed by atoms with Gasteiger partial charge in [-0.25, -0.2) is 8.78 Å². The Labute approximate surface area is 193 Å². The molecule has 0 saturated heterocycles. The number of rotatable bonds is 9. The number of halogens is 2. The summed E-state index contributed by atoms with van der Waals surface area (Å²) in [5.41, 5.74) is 3.07. The van der Waals surface area contributed by atoms with E-state index in [1.54, 1.807) is 48.5 Å². The normalized spacial score (nSPS) is 11.8. The van der Waals surface area contributed by atoms with Crippen LogP contribution in [0.1, 0.15) is 24.5 Å². The summed E-state index contributed by atoms with van der Waals surface area (Å²) in [5.74, 6) is -0.355. The predicted molar refractivity (Wildman–Crippen MR) is 129 cm³/mol. The Kier molecular flexibility index (Phi) is 8.33. The van der Waals surface area contributed by atoms with Crippen molar-refractivity contribution in [3.8, 4) is 5.75 Å². The van der Waals surface area contributed by atoms with Crippen LogP contribution in [0.15, 0.2) is 72.8 Å². The maximum Gasteiger partial charge on any atom is 0.256 e. The molecule has 1 N–H and O–H groups in total. The first-order valence-corrected chi connectivity index (χ1v) is 10.8. The number of likely N-dealkylation sites (N-methyl/N-ethyl adjacent to an activating group) is 1. The van der Waals surface area contributed by atoms with Crippen molar-refractivity contribution >= 4 is 22.7 Å². The maximum absolute atomic E-state index is 13.5. The Morgan fingerprint density at radius 1 is 0.848 bits per heavy atom. The van der Waals surface area contributed by atoms with Gasteiger partial charge in [-0.2, -0.15) is 0 Å². The first kappa shape index (κ1) is 24.1. The molecule has 33 heavy (non-hydrogen) atoms.